The highest BCUT2D eigenvalue weighted by atomic mass is 32.1. The number of aromatic nitrogens is 1. The SMILES string of the molecule is CCCNc1ncc(CN(C)C2CCC2)s1. The maximum atomic E-state index is 4.39. The van der Waals surface area contributed by atoms with E-state index in [0.717, 1.165) is 30.7 Å². The Morgan fingerprint density at radius 1 is 1.56 bits per heavy atom. The maximum Gasteiger partial charge on any atom is 0.182 e. The summed E-state index contributed by atoms with van der Waals surface area (Å²) < 4.78 is 0. The van der Waals surface area contributed by atoms with Crippen molar-refractivity contribution in [1.82, 2.24) is 9.88 Å². The van der Waals surface area contributed by atoms with Crippen LogP contribution in [0.4, 0.5) is 5.13 Å². The zero-order chi connectivity index (χ0) is 11.4. The summed E-state index contributed by atoms with van der Waals surface area (Å²) >= 11 is 1.79. The second-order valence-corrected chi connectivity index (χ2v) is 5.67. The Bertz CT molecular complexity index is 320. The molecular weight excluding hydrogens is 218 g/mol. The minimum atomic E-state index is 0.814. The molecule has 1 aliphatic rings. The van der Waals surface area contributed by atoms with E-state index < -0.39 is 0 Å². The lowest BCUT2D eigenvalue weighted by molar-refractivity contribution is 0.154. The van der Waals surface area contributed by atoms with E-state index in [0.29, 0.717) is 0 Å². The van der Waals surface area contributed by atoms with E-state index in [2.05, 4.69) is 29.2 Å². The molecule has 2 rings (SSSR count). The standard InChI is InChI=1S/C12H21N3S/c1-3-7-13-12-14-8-11(16-12)9-15(2)10-5-4-6-10/h8,10H,3-7,9H2,1-2H3,(H,13,14). The van der Waals surface area contributed by atoms with Gasteiger partial charge in [-0.15, -0.1) is 11.3 Å². The lowest BCUT2D eigenvalue weighted by Gasteiger charge is -2.34. The van der Waals surface area contributed by atoms with Gasteiger partial charge in [-0.2, -0.15) is 0 Å². The highest BCUT2D eigenvalue weighted by molar-refractivity contribution is 7.15. The second-order valence-electron chi connectivity index (χ2n) is 4.56. The van der Waals surface area contributed by atoms with E-state index in [1.807, 2.05) is 6.20 Å². The summed E-state index contributed by atoms with van der Waals surface area (Å²) in [6, 6.07) is 0.814. The summed E-state index contributed by atoms with van der Waals surface area (Å²) in [6.07, 6.45) is 7.31. The van der Waals surface area contributed by atoms with Gasteiger partial charge in [-0.05, 0) is 26.3 Å². The summed E-state index contributed by atoms with van der Waals surface area (Å²) in [6.45, 7) is 4.24. The molecule has 0 unspecified atom stereocenters. The molecule has 4 heteroatoms. The average Bonchev–Trinajstić information content (AvgIpc) is 2.59. The smallest absolute Gasteiger partial charge is 0.182 e. The van der Waals surface area contributed by atoms with Crippen LogP contribution in [0.5, 0.6) is 0 Å². The number of nitrogens with zero attached hydrogens (tertiary/aromatic N) is 2. The Hall–Kier alpha value is -0.610. The second kappa shape index (κ2) is 5.64. The van der Waals surface area contributed by atoms with Crippen LogP contribution < -0.4 is 5.32 Å². The van der Waals surface area contributed by atoms with Gasteiger partial charge in [0.15, 0.2) is 5.13 Å². The van der Waals surface area contributed by atoms with Gasteiger partial charge in [0.25, 0.3) is 0 Å². The highest BCUT2D eigenvalue weighted by Gasteiger charge is 2.22. The first-order valence-corrected chi connectivity index (χ1v) is 7.00. The molecule has 1 heterocycles. The average molecular weight is 239 g/mol. The van der Waals surface area contributed by atoms with Gasteiger partial charge in [-0.1, -0.05) is 13.3 Å². The third-order valence-electron chi connectivity index (χ3n) is 3.18. The van der Waals surface area contributed by atoms with Crippen LogP contribution in [0.15, 0.2) is 6.20 Å². The predicted molar refractivity (Wildman–Crippen MR) is 70.0 cm³/mol. The van der Waals surface area contributed by atoms with E-state index in [4.69, 9.17) is 0 Å². The van der Waals surface area contributed by atoms with Crippen LogP contribution in [0, 0.1) is 0 Å². The lowest BCUT2D eigenvalue weighted by atomic mass is 9.92. The minimum Gasteiger partial charge on any atom is -0.362 e. The summed E-state index contributed by atoms with van der Waals surface area (Å²) in [4.78, 5) is 8.22. The number of nitrogens with one attached hydrogen (secondary N) is 1. The van der Waals surface area contributed by atoms with Gasteiger partial charge >= 0.3 is 0 Å². The minimum absolute atomic E-state index is 0.814. The molecule has 0 aromatic carbocycles. The molecule has 0 saturated heterocycles. The molecule has 16 heavy (non-hydrogen) atoms. The predicted octanol–water partition coefficient (Wildman–Crippen LogP) is 2.95. The van der Waals surface area contributed by atoms with Gasteiger partial charge in [-0.25, -0.2) is 4.98 Å². The topological polar surface area (TPSA) is 28.2 Å². The quantitative estimate of drug-likeness (QED) is 0.827. The van der Waals surface area contributed by atoms with Crippen LogP contribution in [0.1, 0.15) is 37.5 Å². The molecule has 1 aliphatic carbocycles. The molecule has 3 nitrogen and oxygen atoms in total. The number of thiazole rings is 1. The van der Waals surface area contributed by atoms with Crippen molar-refractivity contribution in [2.45, 2.75) is 45.2 Å². The van der Waals surface area contributed by atoms with Crippen molar-refractivity contribution in [1.29, 1.82) is 0 Å². The van der Waals surface area contributed by atoms with Crippen LogP contribution in [0.2, 0.25) is 0 Å². The Morgan fingerprint density at radius 3 is 3.00 bits per heavy atom. The fraction of sp³-hybridized carbons (Fsp3) is 0.750. The van der Waals surface area contributed by atoms with E-state index in [1.54, 1.807) is 11.3 Å². The van der Waals surface area contributed by atoms with Crippen molar-refractivity contribution in [3.8, 4) is 0 Å². The van der Waals surface area contributed by atoms with Crippen molar-refractivity contribution >= 4 is 16.5 Å². The Labute approximate surface area is 102 Å². The van der Waals surface area contributed by atoms with Gasteiger partial charge < -0.3 is 5.32 Å². The summed E-state index contributed by atoms with van der Waals surface area (Å²) in [5.74, 6) is 0. The van der Waals surface area contributed by atoms with Crippen molar-refractivity contribution in [2.24, 2.45) is 0 Å². The molecule has 1 N–H and O–H groups in total. The van der Waals surface area contributed by atoms with Crippen LogP contribution in [0.3, 0.4) is 0 Å². The van der Waals surface area contributed by atoms with E-state index in [-0.39, 0.29) is 0 Å². The van der Waals surface area contributed by atoms with Crippen molar-refractivity contribution in [3.05, 3.63) is 11.1 Å². The summed E-state index contributed by atoms with van der Waals surface area (Å²) in [7, 11) is 2.22. The third-order valence-corrected chi connectivity index (χ3v) is 4.12. The third kappa shape index (κ3) is 2.95. The number of rotatable bonds is 6. The monoisotopic (exact) mass is 239 g/mol. The van der Waals surface area contributed by atoms with Crippen LogP contribution in [-0.2, 0) is 6.54 Å². The van der Waals surface area contributed by atoms with Crippen LogP contribution in [-0.4, -0.2) is 29.5 Å². The molecule has 0 radical (unpaired) electrons. The van der Waals surface area contributed by atoms with Crippen molar-refractivity contribution in [3.63, 3.8) is 0 Å². The van der Waals surface area contributed by atoms with Gasteiger partial charge in [-0.3, -0.25) is 4.90 Å². The van der Waals surface area contributed by atoms with Gasteiger partial charge in [0.2, 0.25) is 0 Å². The molecule has 1 aromatic rings. The lowest BCUT2D eigenvalue weighted by Crippen LogP contribution is -2.36. The van der Waals surface area contributed by atoms with Crippen LogP contribution >= 0.6 is 11.3 Å². The molecular formula is C12H21N3S. The van der Waals surface area contributed by atoms with E-state index >= 15 is 0 Å². The van der Waals surface area contributed by atoms with Gasteiger partial charge in [0, 0.05) is 30.2 Å². The first-order chi connectivity index (χ1) is 7.79. The van der Waals surface area contributed by atoms with E-state index in [9.17, 15) is 0 Å². The summed E-state index contributed by atoms with van der Waals surface area (Å²) in [5.41, 5.74) is 0. The number of hydrogen-bond acceptors (Lipinski definition) is 4. The van der Waals surface area contributed by atoms with E-state index in [1.165, 1.54) is 24.1 Å². The van der Waals surface area contributed by atoms with Crippen LogP contribution in [0.25, 0.3) is 0 Å². The molecule has 0 aliphatic heterocycles. The molecule has 90 valence electrons. The maximum absolute atomic E-state index is 4.39. The number of anilines is 1. The molecule has 0 spiro atoms. The molecule has 0 bridgehead atoms. The van der Waals surface area contributed by atoms with Gasteiger partial charge in [0.05, 0.1) is 0 Å². The highest BCUT2D eigenvalue weighted by Crippen LogP contribution is 2.26. The number of hydrogen-bond donors (Lipinski definition) is 1. The Morgan fingerprint density at radius 2 is 2.38 bits per heavy atom. The fourth-order valence-corrected chi connectivity index (χ4v) is 2.80. The van der Waals surface area contributed by atoms with Gasteiger partial charge in [0.1, 0.15) is 0 Å². The molecule has 1 saturated carbocycles. The fourth-order valence-electron chi connectivity index (χ4n) is 1.90. The molecule has 0 atom stereocenters. The zero-order valence-electron chi connectivity index (χ0n) is 10.2. The largest absolute Gasteiger partial charge is 0.362 e. The zero-order valence-corrected chi connectivity index (χ0v) is 11.0. The Kier molecular flexibility index (Phi) is 4.18. The van der Waals surface area contributed by atoms with Crippen molar-refractivity contribution in [2.75, 3.05) is 18.9 Å². The van der Waals surface area contributed by atoms with Crippen molar-refractivity contribution < 1.29 is 0 Å². The molecule has 0 amide bonds. The molecule has 1 fully saturated rings. The molecule has 1 aromatic heterocycles. The first-order valence-electron chi connectivity index (χ1n) is 6.18. The normalized spacial score (nSPS) is 16.4. The summed E-state index contributed by atoms with van der Waals surface area (Å²) in [5, 5.41) is 4.40. The first kappa shape index (κ1) is 11.9. The Balaban J connectivity index is 1.81.